The molecule has 126 valence electrons. The second kappa shape index (κ2) is 8.59. The SMILES string of the molecule is S=C(Nc1ccc(Oc2ccccc2)nn1)NC1CCCCCC1. The van der Waals surface area contributed by atoms with Crippen molar-refractivity contribution in [3.8, 4) is 11.6 Å². The lowest BCUT2D eigenvalue weighted by Crippen LogP contribution is -2.37. The van der Waals surface area contributed by atoms with Gasteiger partial charge in [-0.3, -0.25) is 0 Å². The van der Waals surface area contributed by atoms with Crippen LogP contribution in [0.3, 0.4) is 0 Å². The standard InChI is InChI=1S/C18H22N4OS/c24-18(19-14-8-4-1-2-5-9-14)20-16-12-13-17(22-21-16)23-15-10-6-3-7-11-15/h3,6-7,10-14H,1-2,4-5,8-9H2,(H2,19,20,21,24). The number of anilines is 1. The Bertz CT molecular complexity index is 640. The largest absolute Gasteiger partial charge is 0.438 e. The molecule has 1 aliphatic rings. The van der Waals surface area contributed by atoms with Gasteiger partial charge in [0, 0.05) is 12.1 Å². The first-order valence-corrected chi connectivity index (χ1v) is 8.84. The van der Waals surface area contributed by atoms with Crippen LogP contribution in [0.1, 0.15) is 38.5 Å². The third-order valence-corrected chi connectivity index (χ3v) is 4.26. The van der Waals surface area contributed by atoms with Crippen molar-refractivity contribution >= 4 is 23.1 Å². The maximum Gasteiger partial charge on any atom is 0.238 e. The minimum absolute atomic E-state index is 0.453. The summed E-state index contributed by atoms with van der Waals surface area (Å²) in [4.78, 5) is 0. The Balaban J connectivity index is 1.51. The highest BCUT2D eigenvalue weighted by atomic mass is 32.1. The minimum atomic E-state index is 0.453. The molecule has 24 heavy (non-hydrogen) atoms. The highest BCUT2D eigenvalue weighted by molar-refractivity contribution is 7.80. The van der Waals surface area contributed by atoms with Crippen LogP contribution < -0.4 is 15.4 Å². The number of thiocarbonyl (C=S) groups is 1. The number of benzene rings is 1. The topological polar surface area (TPSA) is 59.1 Å². The molecule has 0 saturated heterocycles. The summed E-state index contributed by atoms with van der Waals surface area (Å²) >= 11 is 5.38. The fourth-order valence-electron chi connectivity index (χ4n) is 2.81. The number of hydrogen-bond donors (Lipinski definition) is 2. The lowest BCUT2D eigenvalue weighted by molar-refractivity contribution is 0.455. The molecule has 1 fully saturated rings. The van der Waals surface area contributed by atoms with Crippen molar-refractivity contribution in [2.75, 3.05) is 5.32 Å². The highest BCUT2D eigenvalue weighted by Gasteiger charge is 2.13. The van der Waals surface area contributed by atoms with Crippen LogP contribution in [0.25, 0.3) is 0 Å². The number of ether oxygens (including phenoxy) is 1. The van der Waals surface area contributed by atoms with Gasteiger partial charge in [0.25, 0.3) is 0 Å². The Morgan fingerprint density at radius 2 is 1.71 bits per heavy atom. The molecule has 0 unspecified atom stereocenters. The number of para-hydroxylation sites is 1. The van der Waals surface area contributed by atoms with Gasteiger partial charge in [-0.15, -0.1) is 10.2 Å². The lowest BCUT2D eigenvalue weighted by Gasteiger charge is -2.18. The molecule has 1 aliphatic carbocycles. The summed E-state index contributed by atoms with van der Waals surface area (Å²) in [7, 11) is 0. The molecule has 1 heterocycles. The molecule has 0 atom stereocenters. The zero-order valence-electron chi connectivity index (χ0n) is 13.6. The molecule has 5 nitrogen and oxygen atoms in total. The first kappa shape index (κ1) is 16.6. The maximum atomic E-state index is 5.62. The number of rotatable bonds is 4. The van der Waals surface area contributed by atoms with Crippen LogP contribution >= 0.6 is 12.2 Å². The van der Waals surface area contributed by atoms with Crippen molar-refractivity contribution in [2.45, 2.75) is 44.6 Å². The maximum absolute atomic E-state index is 5.62. The van der Waals surface area contributed by atoms with Gasteiger partial charge in [-0.25, -0.2) is 0 Å². The van der Waals surface area contributed by atoms with Crippen molar-refractivity contribution < 1.29 is 4.74 Å². The number of nitrogens with zero attached hydrogens (tertiary/aromatic N) is 2. The van der Waals surface area contributed by atoms with E-state index in [4.69, 9.17) is 17.0 Å². The number of hydrogen-bond acceptors (Lipinski definition) is 4. The van der Waals surface area contributed by atoms with Gasteiger partial charge in [0.05, 0.1) is 0 Å². The Morgan fingerprint density at radius 1 is 0.958 bits per heavy atom. The molecule has 1 saturated carbocycles. The van der Waals surface area contributed by atoms with Gasteiger partial charge in [0.15, 0.2) is 10.9 Å². The van der Waals surface area contributed by atoms with Crippen LogP contribution in [0.5, 0.6) is 11.6 Å². The Morgan fingerprint density at radius 3 is 2.38 bits per heavy atom. The van der Waals surface area contributed by atoms with Crippen LogP contribution in [-0.2, 0) is 0 Å². The van der Waals surface area contributed by atoms with Crippen molar-refractivity contribution in [3.63, 3.8) is 0 Å². The van der Waals surface area contributed by atoms with Gasteiger partial charge < -0.3 is 15.4 Å². The van der Waals surface area contributed by atoms with E-state index >= 15 is 0 Å². The molecule has 0 amide bonds. The normalized spacial score (nSPS) is 15.3. The van der Waals surface area contributed by atoms with Gasteiger partial charge in [-0.05, 0) is 43.3 Å². The molecule has 3 rings (SSSR count). The van der Waals surface area contributed by atoms with Gasteiger partial charge >= 0.3 is 0 Å². The molecular formula is C18H22N4OS. The first-order valence-electron chi connectivity index (χ1n) is 8.44. The summed E-state index contributed by atoms with van der Waals surface area (Å²) in [5.41, 5.74) is 0. The van der Waals surface area contributed by atoms with Crippen LogP contribution in [0.2, 0.25) is 0 Å². The van der Waals surface area contributed by atoms with Gasteiger partial charge in [-0.2, -0.15) is 0 Å². The Labute approximate surface area is 147 Å². The summed E-state index contributed by atoms with van der Waals surface area (Å²) in [6.45, 7) is 0. The fourth-order valence-corrected chi connectivity index (χ4v) is 3.08. The number of aromatic nitrogens is 2. The third-order valence-electron chi connectivity index (χ3n) is 4.04. The second-order valence-electron chi connectivity index (χ2n) is 5.96. The van der Waals surface area contributed by atoms with E-state index in [1.54, 1.807) is 6.07 Å². The van der Waals surface area contributed by atoms with Crippen LogP contribution in [0.15, 0.2) is 42.5 Å². The lowest BCUT2D eigenvalue weighted by atomic mass is 10.1. The summed E-state index contributed by atoms with van der Waals surface area (Å²) in [6, 6.07) is 13.6. The average molecular weight is 342 g/mol. The Kier molecular flexibility index (Phi) is 5.96. The van der Waals surface area contributed by atoms with Crippen molar-refractivity contribution in [1.29, 1.82) is 0 Å². The van der Waals surface area contributed by atoms with Gasteiger partial charge in [0.1, 0.15) is 5.75 Å². The average Bonchev–Trinajstić information content (AvgIpc) is 2.86. The number of nitrogens with one attached hydrogen (secondary N) is 2. The Hall–Kier alpha value is -2.21. The van der Waals surface area contributed by atoms with E-state index in [0.29, 0.717) is 22.9 Å². The van der Waals surface area contributed by atoms with E-state index in [1.807, 2.05) is 36.4 Å². The fraction of sp³-hybridized carbons (Fsp3) is 0.389. The zero-order valence-corrected chi connectivity index (χ0v) is 14.4. The predicted octanol–water partition coefficient (Wildman–Crippen LogP) is 4.28. The molecule has 1 aromatic carbocycles. The van der Waals surface area contributed by atoms with Crippen molar-refractivity contribution in [3.05, 3.63) is 42.5 Å². The van der Waals surface area contributed by atoms with Gasteiger partial charge in [-0.1, -0.05) is 43.9 Å². The van der Waals surface area contributed by atoms with E-state index in [-0.39, 0.29) is 0 Å². The summed E-state index contributed by atoms with van der Waals surface area (Å²) in [6.07, 6.45) is 7.55. The second-order valence-corrected chi connectivity index (χ2v) is 6.37. The quantitative estimate of drug-likeness (QED) is 0.639. The minimum Gasteiger partial charge on any atom is -0.438 e. The third kappa shape index (κ3) is 5.16. The van der Waals surface area contributed by atoms with Crippen LogP contribution in [0, 0.1) is 0 Å². The zero-order chi connectivity index (χ0) is 16.6. The van der Waals surface area contributed by atoms with Crippen molar-refractivity contribution in [2.24, 2.45) is 0 Å². The molecule has 1 aromatic heterocycles. The molecule has 2 aromatic rings. The molecule has 0 spiro atoms. The smallest absolute Gasteiger partial charge is 0.238 e. The molecule has 2 N–H and O–H groups in total. The van der Waals surface area contributed by atoms with E-state index in [0.717, 1.165) is 5.75 Å². The molecule has 0 bridgehead atoms. The van der Waals surface area contributed by atoms with E-state index < -0.39 is 0 Å². The molecule has 0 radical (unpaired) electrons. The summed E-state index contributed by atoms with van der Waals surface area (Å²) in [5.74, 6) is 1.80. The highest BCUT2D eigenvalue weighted by Crippen LogP contribution is 2.19. The summed E-state index contributed by atoms with van der Waals surface area (Å²) in [5, 5.41) is 15.3. The van der Waals surface area contributed by atoms with Crippen LogP contribution in [-0.4, -0.2) is 21.4 Å². The molecule has 6 heteroatoms. The molecule has 0 aliphatic heterocycles. The monoisotopic (exact) mass is 342 g/mol. The summed E-state index contributed by atoms with van der Waals surface area (Å²) < 4.78 is 5.62. The van der Waals surface area contributed by atoms with Gasteiger partial charge in [0.2, 0.25) is 5.88 Å². The van der Waals surface area contributed by atoms with E-state index in [2.05, 4.69) is 20.8 Å². The van der Waals surface area contributed by atoms with Crippen LogP contribution in [0.4, 0.5) is 5.82 Å². The van der Waals surface area contributed by atoms with Crippen molar-refractivity contribution in [1.82, 2.24) is 15.5 Å². The first-order chi connectivity index (χ1) is 11.8. The van der Waals surface area contributed by atoms with E-state index in [9.17, 15) is 0 Å². The molecular weight excluding hydrogens is 320 g/mol. The van der Waals surface area contributed by atoms with E-state index in [1.165, 1.54) is 38.5 Å². The predicted molar refractivity (Wildman–Crippen MR) is 99.4 cm³/mol.